The molecule has 37 heavy (non-hydrogen) atoms. The van der Waals surface area contributed by atoms with Crippen molar-refractivity contribution in [3.05, 3.63) is 60.3 Å². The van der Waals surface area contributed by atoms with Crippen LogP contribution < -0.4 is 20.7 Å². The molecule has 4 aliphatic carbocycles. The van der Waals surface area contributed by atoms with Crippen LogP contribution in [0.2, 0.25) is 0 Å². The van der Waals surface area contributed by atoms with Crippen LogP contribution in [-0.4, -0.2) is 23.0 Å². The molecule has 4 saturated carbocycles. The third kappa shape index (κ3) is 5.41. The van der Waals surface area contributed by atoms with Gasteiger partial charge < -0.3 is 20.7 Å². The van der Waals surface area contributed by atoms with Gasteiger partial charge in [-0.3, -0.25) is 4.79 Å². The number of hydrogen-bond donors (Lipinski definition) is 3. The summed E-state index contributed by atoms with van der Waals surface area (Å²) in [6, 6.07) is 17.4. The Hall–Kier alpha value is -3.61. The van der Waals surface area contributed by atoms with Gasteiger partial charge in [-0.25, -0.2) is 4.98 Å². The second-order valence-electron chi connectivity index (χ2n) is 11.4. The summed E-state index contributed by atoms with van der Waals surface area (Å²) in [5.41, 5.74) is 3.70. The Morgan fingerprint density at radius 3 is 2.05 bits per heavy atom. The number of carbonyl (C=O) groups excluding carboxylic acids is 1. The van der Waals surface area contributed by atoms with Crippen LogP contribution in [-0.2, 0) is 4.79 Å². The Labute approximate surface area is 218 Å². The zero-order valence-corrected chi connectivity index (χ0v) is 21.6. The van der Waals surface area contributed by atoms with E-state index in [1.807, 2.05) is 61.5 Å². The van der Waals surface area contributed by atoms with Crippen molar-refractivity contribution < 1.29 is 9.53 Å². The average Bonchev–Trinajstić information content (AvgIpc) is 2.84. The van der Waals surface area contributed by atoms with E-state index in [-0.39, 0.29) is 11.3 Å². The molecule has 3 N–H and O–H groups in total. The molecule has 0 aliphatic heterocycles. The number of aromatic nitrogens is 2. The predicted molar refractivity (Wildman–Crippen MR) is 147 cm³/mol. The first kappa shape index (κ1) is 23.8. The van der Waals surface area contributed by atoms with E-state index in [9.17, 15) is 4.79 Å². The first-order chi connectivity index (χ1) is 17.9. The molecule has 192 valence electrons. The maximum absolute atomic E-state index is 13.0. The lowest BCUT2D eigenvalue weighted by Crippen LogP contribution is -2.47. The van der Waals surface area contributed by atoms with Gasteiger partial charge in [-0.05, 0) is 117 Å². The van der Waals surface area contributed by atoms with E-state index in [0.717, 1.165) is 46.3 Å². The van der Waals surface area contributed by atoms with Crippen LogP contribution in [0.5, 0.6) is 5.75 Å². The number of nitrogens with one attached hydrogen (secondary N) is 3. The number of carbonyl (C=O) groups is 1. The summed E-state index contributed by atoms with van der Waals surface area (Å²) in [7, 11) is 1.65. The molecule has 0 atom stereocenters. The van der Waals surface area contributed by atoms with Gasteiger partial charge in [-0.15, -0.1) is 0 Å². The lowest BCUT2D eigenvalue weighted by Gasteiger charge is -2.56. The Morgan fingerprint density at radius 1 is 0.865 bits per heavy atom. The van der Waals surface area contributed by atoms with Crippen LogP contribution in [0.15, 0.2) is 54.6 Å². The molecule has 7 heteroatoms. The molecule has 3 aromatic rings. The van der Waals surface area contributed by atoms with Crippen molar-refractivity contribution in [1.82, 2.24) is 9.97 Å². The number of aryl methyl sites for hydroxylation is 1. The highest BCUT2D eigenvalue weighted by atomic mass is 16.5. The Balaban J connectivity index is 1.07. The highest BCUT2D eigenvalue weighted by Gasteiger charge is 2.51. The summed E-state index contributed by atoms with van der Waals surface area (Å²) in [6.07, 6.45) is 8.62. The molecular weight excluding hydrogens is 462 g/mol. The quantitative estimate of drug-likeness (QED) is 0.316. The average molecular weight is 498 g/mol. The molecular formula is C30H35N5O2. The van der Waals surface area contributed by atoms with Gasteiger partial charge >= 0.3 is 0 Å². The lowest BCUT2D eigenvalue weighted by molar-refractivity contribution is -0.124. The molecule has 1 aromatic heterocycles. The normalized spacial score (nSPS) is 25.5. The molecule has 7 nitrogen and oxygen atoms in total. The van der Waals surface area contributed by atoms with Crippen molar-refractivity contribution >= 4 is 34.7 Å². The minimum atomic E-state index is 0.152. The third-order valence-electron chi connectivity index (χ3n) is 8.34. The van der Waals surface area contributed by atoms with Crippen LogP contribution >= 0.6 is 0 Å². The fourth-order valence-electron chi connectivity index (χ4n) is 7.33. The third-order valence-corrected chi connectivity index (χ3v) is 8.34. The molecule has 4 aliphatic rings. The maximum atomic E-state index is 13.0. The molecule has 0 saturated heterocycles. The van der Waals surface area contributed by atoms with Gasteiger partial charge in [0, 0.05) is 35.2 Å². The van der Waals surface area contributed by atoms with E-state index in [1.54, 1.807) is 7.11 Å². The summed E-state index contributed by atoms with van der Waals surface area (Å²) in [5, 5.41) is 9.73. The lowest BCUT2D eigenvalue weighted by atomic mass is 9.49. The van der Waals surface area contributed by atoms with Crippen LogP contribution in [0.3, 0.4) is 0 Å². The van der Waals surface area contributed by atoms with E-state index in [0.29, 0.717) is 18.2 Å². The second-order valence-corrected chi connectivity index (χ2v) is 11.4. The maximum Gasteiger partial charge on any atom is 0.229 e. The van der Waals surface area contributed by atoms with Gasteiger partial charge in [-0.2, -0.15) is 4.98 Å². The molecule has 0 spiro atoms. The smallest absolute Gasteiger partial charge is 0.229 e. The molecule has 4 bridgehead atoms. The van der Waals surface area contributed by atoms with Crippen molar-refractivity contribution in [2.75, 3.05) is 23.1 Å². The molecule has 1 heterocycles. The van der Waals surface area contributed by atoms with Crippen LogP contribution in [0.1, 0.15) is 50.6 Å². The summed E-state index contributed by atoms with van der Waals surface area (Å²) in [4.78, 5) is 22.1. The fourth-order valence-corrected chi connectivity index (χ4v) is 7.33. The van der Waals surface area contributed by atoms with Crippen molar-refractivity contribution in [2.24, 2.45) is 23.2 Å². The monoisotopic (exact) mass is 497 g/mol. The summed E-state index contributed by atoms with van der Waals surface area (Å²) >= 11 is 0. The van der Waals surface area contributed by atoms with E-state index in [1.165, 1.54) is 38.5 Å². The van der Waals surface area contributed by atoms with Gasteiger partial charge in [0.05, 0.1) is 7.11 Å². The van der Waals surface area contributed by atoms with Crippen LogP contribution in [0.4, 0.5) is 28.8 Å². The zero-order chi connectivity index (χ0) is 25.4. The van der Waals surface area contributed by atoms with Crippen molar-refractivity contribution in [1.29, 1.82) is 0 Å². The molecule has 0 unspecified atom stereocenters. The van der Waals surface area contributed by atoms with E-state index in [2.05, 4.69) is 25.9 Å². The molecule has 2 aromatic carbocycles. The number of amides is 1. The van der Waals surface area contributed by atoms with Gasteiger partial charge in [0.15, 0.2) is 0 Å². The fraction of sp³-hybridized carbons (Fsp3) is 0.433. The minimum absolute atomic E-state index is 0.152. The number of anilines is 5. The number of nitrogens with zero attached hydrogens (tertiary/aromatic N) is 2. The van der Waals surface area contributed by atoms with E-state index >= 15 is 0 Å². The van der Waals surface area contributed by atoms with Crippen molar-refractivity contribution in [3.63, 3.8) is 0 Å². The number of methoxy groups -OCH3 is 1. The SMILES string of the molecule is COc1ccc(Nc2cc(C)nc(Nc3ccc(NC(=O)CC45CC6CC(CC(C6)C4)C5)cc3)n2)cc1. The zero-order valence-electron chi connectivity index (χ0n) is 21.6. The highest BCUT2D eigenvalue weighted by molar-refractivity contribution is 5.91. The Morgan fingerprint density at radius 2 is 1.43 bits per heavy atom. The second kappa shape index (κ2) is 9.69. The Kier molecular flexibility index (Phi) is 6.22. The Bertz CT molecular complexity index is 1240. The van der Waals surface area contributed by atoms with Crippen LogP contribution in [0, 0.1) is 30.1 Å². The molecule has 7 rings (SSSR count). The predicted octanol–water partition coefficient (Wildman–Crippen LogP) is 6.83. The molecule has 4 fully saturated rings. The largest absolute Gasteiger partial charge is 0.497 e. The van der Waals surface area contributed by atoms with E-state index < -0.39 is 0 Å². The number of ether oxygens (including phenoxy) is 1. The van der Waals surface area contributed by atoms with Gasteiger partial charge in [0.25, 0.3) is 0 Å². The molecule has 0 radical (unpaired) electrons. The summed E-state index contributed by atoms with van der Waals surface area (Å²) in [6.45, 7) is 1.94. The van der Waals surface area contributed by atoms with E-state index in [4.69, 9.17) is 4.74 Å². The van der Waals surface area contributed by atoms with Gasteiger partial charge in [0.2, 0.25) is 11.9 Å². The number of benzene rings is 2. The minimum Gasteiger partial charge on any atom is -0.497 e. The number of rotatable bonds is 8. The van der Waals surface area contributed by atoms with Crippen molar-refractivity contribution in [3.8, 4) is 5.75 Å². The summed E-state index contributed by atoms with van der Waals surface area (Å²) < 4.78 is 5.22. The highest BCUT2D eigenvalue weighted by Crippen LogP contribution is 2.61. The summed E-state index contributed by atoms with van der Waals surface area (Å²) in [5.74, 6) is 4.75. The van der Waals surface area contributed by atoms with Crippen molar-refractivity contribution in [2.45, 2.75) is 51.9 Å². The standard InChI is InChI=1S/C30H35N5O2/c1-19-11-27(32-23-7-9-26(37-2)10-8-23)35-29(31-19)34-25-5-3-24(4-6-25)33-28(36)18-30-15-20-12-21(16-30)14-22(13-20)17-30/h3-11,20-22H,12-18H2,1-2H3,(H,33,36)(H2,31,32,34,35). The first-order valence-corrected chi connectivity index (χ1v) is 13.4. The topological polar surface area (TPSA) is 88.2 Å². The van der Waals surface area contributed by atoms with Gasteiger partial charge in [-0.1, -0.05) is 0 Å². The molecule has 1 amide bonds. The first-order valence-electron chi connectivity index (χ1n) is 13.4. The van der Waals surface area contributed by atoms with Gasteiger partial charge in [0.1, 0.15) is 11.6 Å². The van der Waals surface area contributed by atoms with Crippen LogP contribution in [0.25, 0.3) is 0 Å². The number of hydrogen-bond acceptors (Lipinski definition) is 6.